The van der Waals surface area contributed by atoms with Crippen LogP contribution in [-0.2, 0) is 26.2 Å². The number of hydrogen-bond donors (Lipinski definition) is 1. The summed E-state index contributed by atoms with van der Waals surface area (Å²) in [6.07, 6.45) is 1.20. The van der Waals surface area contributed by atoms with E-state index in [1.165, 1.54) is 15.6 Å². The zero-order valence-electron chi connectivity index (χ0n) is 14.8. The summed E-state index contributed by atoms with van der Waals surface area (Å²) in [6.45, 7) is 2.73. The molecular weight excluding hydrogens is 372 g/mol. The highest BCUT2D eigenvalue weighted by molar-refractivity contribution is 7.91. The van der Waals surface area contributed by atoms with Crippen molar-refractivity contribution in [1.29, 1.82) is 0 Å². The smallest absolute Gasteiger partial charge is 0.253 e. The van der Waals surface area contributed by atoms with Gasteiger partial charge in [0.1, 0.15) is 10.3 Å². The van der Waals surface area contributed by atoms with E-state index in [0.29, 0.717) is 35.9 Å². The van der Waals surface area contributed by atoms with Gasteiger partial charge in [0.2, 0.25) is 5.91 Å². The summed E-state index contributed by atoms with van der Waals surface area (Å²) < 4.78 is 32.4. The molecule has 1 aliphatic rings. The first-order chi connectivity index (χ1) is 12.4. The fourth-order valence-electron chi connectivity index (χ4n) is 3.03. The quantitative estimate of drug-likeness (QED) is 0.817. The maximum absolute atomic E-state index is 12.9. The summed E-state index contributed by atoms with van der Waals surface area (Å²) in [5.41, 5.74) is 1.65. The molecule has 1 aromatic carbocycles. The number of carbonyl (C=O) groups excluding carboxylic acids is 1. The molecule has 8 heteroatoms. The number of rotatable bonds is 6. The maximum atomic E-state index is 12.9. The van der Waals surface area contributed by atoms with Gasteiger partial charge in [-0.15, -0.1) is 11.3 Å². The van der Waals surface area contributed by atoms with Crippen LogP contribution >= 0.6 is 11.3 Å². The van der Waals surface area contributed by atoms with Crippen LogP contribution in [0.5, 0.6) is 0 Å². The van der Waals surface area contributed by atoms with Crippen LogP contribution in [0.15, 0.2) is 40.6 Å². The van der Waals surface area contributed by atoms with E-state index in [0.717, 1.165) is 10.4 Å². The first-order valence-corrected chi connectivity index (χ1v) is 10.6. The molecule has 0 radical (unpaired) electrons. The van der Waals surface area contributed by atoms with E-state index < -0.39 is 16.1 Å². The van der Waals surface area contributed by atoms with Gasteiger partial charge in [0.05, 0.1) is 6.61 Å². The third-order valence-corrected chi connectivity index (χ3v) is 7.69. The average Bonchev–Trinajstić information content (AvgIpc) is 3.26. The van der Waals surface area contributed by atoms with Crippen molar-refractivity contribution >= 4 is 33.0 Å². The molecule has 140 valence electrons. The number of benzene rings is 1. The molecule has 1 aromatic heterocycles. The molecule has 1 N–H and O–H groups in total. The van der Waals surface area contributed by atoms with Crippen LogP contribution in [0.25, 0.3) is 0 Å². The molecule has 2 aromatic rings. The van der Waals surface area contributed by atoms with E-state index in [2.05, 4.69) is 5.32 Å². The number of aryl methyl sites for hydroxylation is 1. The molecule has 3 rings (SSSR count). The van der Waals surface area contributed by atoms with E-state index in [-0.39, 0.29) is 5.91 Å². The summed E-state index contributed by atoms with van der Waals surface area (Å²) in [5, 5.41) is 2.83. The predicted octanol–water partition coefficient (Wildman–Crippen LogP) is 2.99. The van der Waals surface area contributed by atoms with E-state index in [1.807, 2.05) is 19.1 Å². The molecule has 6 nitrogen and oxygen atoms in total. The molecule has 26 heavy (non-hydrogen) atoms. The number of amides is 1. The Labute approximate surface area is 157 Å². The van der Waals surface area contributed by atoms with Crippen molar-refractivity contribution in [1.82, 2.24) is 4.31 Å². The highest BCUT2D eigenvalue weighted by Gasteiger charge is 2.40. The van der Waals surface area contributed by atoms with Crippen molar-refractivity contribution in [2.45, 2.75) is 36.6 Å². The van der Waals surface area contributed by atoms with Gasteiger partial charge in [-0.1, -0.05) is 12.1 Å². The Morgan fingerprint density at radius 2 is 2.00 bits per heavy atom. The SMILES string of the molecule is COCc1ccc(NC(=O)[C@H]2CCCN2S(=O)(=O)c2ccc(C)s2)cc1. The molecule has 1 aliphatic heterocycles. The summed E-state index contributed by atoms with van der Waals surface area (Å²) >= 11 is 1.23. The predicted molar refractivity (Wildman–Crippen MR) is 102 cm³/mol. The Bertz CT molecular complexity index is 875. The third kappa shape index (κ3) is 3.98. The average molecular weight is 395 g/mol. The molecule has 2 heterocycles. The van der Waals surface area contributed by atoms with Crippen molar-refractivity contribution in [3.8, 4) is 0 Å². The van der Waals surface area contributed by atoms with Crippen LogP contribution in [0.4, 0.5) is 5.69 Å². The summed E-state index contributed by atoms with van der Waals surface area (Å²) in [5.74, 6) is -0.293. The molecule has 0 aliphatic carbocycles. The lowest BCUT2D eigenvalue weighted by Gasteiger charge is -2.22. The van der Waals surface area contributed by atoms with Gasteiger partial charge in [0.25, 0.3) is 10.0 Å². The second-order valence-corrected chi connectivity index (χ2v) is 9.66. The van der Waals surface area contributed by atoms with Gasteiger partial charge in [0.15, 0.2) is 0 Å². The molecule has 1 amide bonds. The van der Waals surface area contributed by atoms with Crippen LogP contribution < -0.4 is 5.32 Å². The van der Waals surface area contributed by atoms with E-state index in [4.69, 9.17) is 4.74 Å². The summed E-state index contributed by atoms with van der Waals surface area (Å²) in [7, 11) is -2.02. The number of nitrogens with zero attached hydrogens (tertiary/aromatic N) is 1. The fraction of sp³-hybridized carbons (Fsp3) is 0.389. The van der Waals surface area contributed by atoms with E-state index >= 15 is 0 Å². The topological polar surface area (TPSA) is 75.7 Å². The molecule has 1 saturated heterocycles. The van der Waals surface area contributed by atoms with E-state index in [9.17, 15) is 13.2 Å². The van der Waals surface area contributed by atoms with Crippen LogP contribution in [0, 0.1) is 6.92 Å². The van der Waals surface area contributed by atoms with Crippen LogP contribution in [-0.4, -0.2) is 38.3 Å². The van der Waals surface area contributed by atoms with Gasteiger partial charge >= 0.3 is 0 Å². The molecular formula is C18H22N2O4S2. The Balaban J connectivity index is 1.74. The lowest BCUT2D eigenvalue weighted by atomic mass is 10.2. The fourth-order valence-corrected chi connectivity index (χ4v) is 6.10. The lowest BCUT2D eigenvalue weighted by Crippen LogP contribution is -2.42. The molecule has 0 bridgehead atoms. The normalized spacial score (nSPS) is 18.2. The molecule has 0 unspecified atom stereocenters. The highest BCUT2D eigenvalue weighted by atomic mass is 32.2. The van der Waals surface area contributed by atoms with Gasteiger partial charge in [-0.2, -0.15) is 4.31 Å². The summed E-state index contributed by atoms with van der Waals surface area (Å²) in [6, 6.07) is 10.0. The lowest BCUT2D eigenvalue weighted by molar-refractivity contribution is -0.119. The number of ether oxygens (including phenoxy) is 1. The number of carbonyl (C=O) groups is 1. The van der Waals surface area contributed by atoms with Crippen LogP contribution in [0.2, 0.25) is 0 Å². The zero-order chi connectivity index (χ0) is 18.7. The molecule has 1 fully saturated rings. The number of methoxy groups -OCH3 is 1. The van der Waals surface area contributed by atoms with Crippen molar-refractivity contribution < 1.29 is 17.9 Å². The molecule has 0 spiro atoms. The Morgan fingerprint density at radius 1 is 1.27 bits per heavy atom. The minimum absolute atomic E-state index is 0.290. The number of thiophene rings is 1. The Kier molecular flexibility index (Phi) is 5.76. The van der Waals surface area contributed by atoms with Gasteiger partial charge in [-0.25, -0.2) is 8.42 Å². The first-order valence-electron chi connectivity index (χ1n) is 8.39. The van der Waals surface area contributed by atoms with Crippen molar-refractivity contribution in [2.75, 3.05) is 19.0 Å². The molecule has 1 atom stereocenters. The van der Waals surface area contributed by atoms with Crippen LogP contribution in [0.3, 0.4) is 0 Å². The van der Waals surface area contributed by atoms with Gasteiger partial charge in [0, 0.05) is 24.2 Å². The maximum Gasteiger partial charge on any atom is 0.253 e. The number of sulfonamides is 1. The third-order valence-electron chi connectivity index (χ3n) is 4.32. The van der Waals surface area contributed by atoms with Gasteiger partial charge < -0.3 is 10.1 Å². The highest BCUT2D eigenvalue weighted by Crippen LogP contribution is 2.30. The monoisotopic (exact) mass is 394 g/mol. The molecule has 0 saturated carbocycles. The van der Waals surface area contributed by atoms with Gasteiger partial charge in [-0.05, 0) is 49.6 Å². The number of nitrogens with one attached hydrogen (secondary N) is 1. The first kappa shape index (κ1) is 19.0. The van der Waals surface area contributed by atoms with Crippen molar-refractivity contribution in [3.63, 3.8) is 0 Å². The van der Waals surface area contributed by atoms with Crippen molar-refractivity contribution in [3.05, 3.63) is 46.8 Å². The van der Waals surface area contributed by atoms with E-state index in [1.54, 1.807) is 31.4 Å². The van der Waals surface area contributed by atoms with Gasteiger partial charge in [-0.3, -0.25) is 4.79 Å². The minimum Gasteiger partial charge on any atom is -0.380 e. The number of hydrogen-bond acceptors (Lipinski definition) is 5. The minimum atomic E-state index is -3.64. The second kappa shape index (κ2) is 7.87. The second-order valence-electron chi connectivity index (χ2n) is 6.26. The number of anilines is 1. The Hall–Kier alpha value is -1.74. The van der Waals surface area contributed by atoms with Crippen LogP contribution in [0.1, 0.15) is 23.3 Å². The Morgan fingerprint density at radius 3 is 2.62 bits per heavy atom. The summed E-state index contributed by atoms with van der Waals surface area (Å²) in [4.78, 5) is 13.6. The zero-order valence-corrected chi connectivity index (χ0v) is 16.4. The van der Waals surface area contributed by atoms with Crippen molar-refractivity contribution in [2.24, 2.45) is 0 Å². The standard InChI is InChI=1S/C18H22N2O4S2/c1-13-5-10-17(25-13)26(22,23)20-11-3-4-16(20)18(21)19-15-8-6-14(7-9-15)12-24-2/h5-10,16H,3-4,11-12H2,1-2H3,(H,19,21)/t16-/m1/s1. The largest absolute Gasteiger partial charge is 0.380 e.